The smallest absolute Gasteiger partial charge is 0.282 e. The van der Waals surface area contributed by atoms with Gasteiger partial charge in [0.15, 0.2) is 0 Å². The van der Waals surface area contributed by atoms with E-state index in [2.05, 4.69) is 5.32 Å². The summed E-state index contributed by atoms with van der Waals surface area (Å²) in [7, 11) is 0. The third-order valence-corrected chi connectivity index (χ3v) is 6.06. The molecule has 0 unspecified atom stereocenters. The molecule has 2 amide bonds. The van der Waals surface area contributed by atoms with Gasteiger partial charge in [-0.3, -0.25) is 9.59 Å². The van der Waals surface area contributed by atoms with Gasteiger partial charge in [0.05, 0.1) is 11.3 Å². The fourth-order valence-corrected chi connectivity index (χ4v) is 4.34. The van der Waals surface area contributed by atoms with Gasteiger partial charge < -0.3 is 5.32 Å². The first-order valence-electron chi connectivity index (χ1n) is 10.2. The lowest BCUT2D eigenvalue weighted by Gasteiger charge is -2.18. The van der Waals surface area contributed by atoms with E-state index in [4.69, 9.17) is 23.2 Å². The summed E-state index contributed by atoms with van der Waals surface area (Å²) in [5.41, 5.74) is 6.08. The lowest BCUT2D eigenvalue weighted by Crippen LogP contribution is -2.33. The van der Waals surface area contributed by atoms with Crippen molar-refractivity contribution in [2.24, 2.45) is 0 Å². The second-order valence-corrected chi connectivity index (χ2v) is 8.90. The molecule has 162 valence electrons. The minimum absolute atomic E-state index is 0.224. The zero-order valence-electron chi connectivity index (χ0n) is 18.2. The molecule has 0 aromatic heterocycles. The maximum atomic E-state index is 13.7. The number of amides is 2. The summed E-state index contributed by atoms with van der Waals surface area (Å²) in [4.78, 5) is 28.5. The molecule has 6 heteroatoms. The number of rotatable bonds is 4. The van der Waals surface area contributed by atoms with Gasteiger partial charge >= 0.3 is 0 Å². The Kier molecular flexibility index (Phi) is 5.85. The van der Waals surface area contributed by atoms with E-state index in [-0.39, 0.29) is 11.6 Å². The van der Waals surface area contributed by atoms with Gasteiger partial charge in [0.1, 0.15) is 5.70 Å². The van der Waals surface area contributed by atoms with Crippen LogP contribution < -0.4 is 10.2 Å². The van der Waals surface area contributed by atoms with Crippen LogP contribution in [0.15, 0.2) is 60.3 Å². The molecule has 32 heavy (non-hydrogen) atoms. The summed E-state index contributed by atoms with van der Waals surface area (Å²) in [5, 5.41) is 4.29. The predicted molar refractivity (Wildman–Crippen MR) is 131 cm³/mol. The van der Waals surface area contributed by atoms with Crippen molar-refractivity contribution in [1.82, 2.24) is 0 Å². The predicted octanol–water partition coefficient (Wildman–Crippen LogP) is 6.62. The molecule has 0 saturated carbocycles. The molecule has 0 bridgehead atoms. The van der Waals surface area contributed by atoms with Gasteiger partial charge in [-0.1, -0.05) is 53.0 Å². The lowest BCUT2D eigenvalue weighted by molar-refractivity contribution is -0.120. The number of aryl methyl sites for hydroxylation is 4. The van der Waals surface area contributed by atoms with E-state index >= 15 is 0 Å². The molecule has 0 aliphatic carbocycles. The lowest BCUT2D eigenvalue weighted by atomic mass is 9.97. The summed E-state index contributed by atoms with van der Waals surface area (Å²) < 4.78 is 0. The Morgan fingerprint density at radius 3 is 2.09 bits per heavy atom. The van der Waals surface area contributed by atoms with Crippen molar-refractivity contribution >= 4 is 52.0 Å². The highest BCUT2D eigenvalue weighted by molar-refractivity contribution is 6.46. The Morgan fingerprint density at radius 1 is 0.719 bits per heavy atom. The van der Waals surface area contributed by atoms with E-state index in [9.17, 15) is 9.59 Å². The van der Waals surface area contributed by atoms with Gasteiger partial charge in [-0.25, -0.2) is 4.90 Å². The van der Waals surface area contributed by atoms with Crippen LogP contribution in [-0.4, -0.2) is 11.8 Å². The largest absolute Gasteiger partial charge is 0.350 e. The fraction of sp³-hybridized carbons (Fsp3) is 0.154. The number of carbonyl (C=O) groups excluding carboxylic acids is 2. The topological polar surface area (TPSA) is 49.4 Å². The standard InChI is InChI=1S/C26H22Cl2N2O2/c1-14-5-9-20(16(3)11-14)23-24(29-21-13-19(28)7-6-15(21)2)26(32)30(25(23)31)22-10-8-18(27)12-17(22)4/h5-13,29H,1-4H3. The first-order chi connectivity index (χ1) is 15.2. The number of carbonyl (C=O) groups is 2. The van der Waals surface area contributed by atoms with Crippen LogP contribution in [0.3, 0.4) is 0 Å². The molecule has 3 aromatic carbocycles. The van der Waals surface area contributed by atoms with Crippen LogP contribution in [0.2, 0.25) is 10.0 Å². The SMILES string of the molecule is Cc1ccc(C2=C(Nc3cc(Cl)ccc3C)C(=O)N(c3ccc(Cl)cc3C)C2=O)c(C)c1. The van der Waals surface area contributed by atoms with Crippen LogP contribution >= 0.6 is 23.2 Å². The Morgan fingerprint density at radius 2 is 1.41 bits per heavy atom. The Bertz CT molecular complexity index is 1310. The molecule has 1 N–H and O–H groups in total. The number of anilines is 2. The molecule has 0 atom stereocenters. The van der Waals surface area contributed by atoms with E-state index < -0.39 is 5.91 Å². The quantitative estimate of drug-likeness (QED) is 0.441. The molecule has 0 fully saturated rings. The molecule has 1 aliphatic rings. The van der Waals surface area contributed by atoms with Crippen LogP contribution in [0.25, 0.3) is 5.57 Å². The average molecular weight is 465 g/mol. The van der Waals surface area contributed by atoms with Gasteiger partial charge in [0.2, 0.25) is 0 Å². The summed E-state index contributed by atoms with van der Waals surface area (Å²) in [6.07, 6.45) is 0. The van der Waals surface area contributed by atoms with E-state index in [1.165, 1.54) is 4.90 Å². The normalized spacial score (nSPS) is 13.9. The zero-order chi connectivity index (χ0) is 23.2. The highest BCUT2D eigenvalue weighted by Crippen LogP contribution is 2.37. The number of nitrogens with zero attached hydrogens (tertiary/aromatic N) is 1. The maximum absolute atomic E-state index is 13.7. The highest BCUT2D eigenvalue weighted by Gasteiger charge is 2.41. The van der Waals surface area contributed by atoms with Gasteiger partial charge in [-0.05, 0) is 80.3 Å². The zero-order valence-corrected chi connectivity index (χ0v) is 19.7. The number of hydrogen-bond acceptors (Lipinski definition) is 3. The van der Waals surface area contributed by atoms with Crippen molar-refractivity contribution in [2.45, 2.75) is 27.7 Å². The van der Waals surface area contributed by atoms with E-state index in [1.54, 1.807) is 30.3 Å². The second kappa shape index (κ2) is 8.45. The molecular formula is C26H22Cl2N2O2. The number of imide groups is 1. The van der Waals surface area contributed by atoms with Crippen LogP contribution in [-0.2, 0) is 9.59 Å². The molecule has 0 radical (unpaired) electrons. The molecular weight excluding hydrogens is 443 g/mol. The Labute approximate surface area is 197 Å². The molecule has 4 nitrogen and oxygen atoms in total. The van der Waals surface area contributed by atoms with Crippen molar-refractivity contribution in [2.75, 3.05) is 10.2 Å². The summed E-state index contributed by atoms with van der Waals surface area (Å²) in [5.74, 6) is -0.802. The molecule has 3 aromatic rings. The number of hydrogen-bond donors (Lipinski definition) is 1. The summed E-state index contributed by atoms with van der Waals surface area (Å²) >= 11 is 12.3. The molecule has 1 heterocycles. The van der Waals surface area contributed by atoms with Crippen molar-refractivity contribution in [3.8, 4) is 0 Å². The highest BCUT2D eigenvalue weighted by atomic mass is 35.5. The minimum Gasteiger partial charge on any atom is -0.350 e. The second-order valence-electron chi connectivity index (χ2n) is 8.03. The van der Waals surface area contributed by atoms with Crippen molar-refractivity contribution in [3.63, 3.8) is 0 Å². The van der Waals surface area contributed by atoms with Gasteiger partial charge in [-0.2, -0.15) is 0 Å². The molecule has 0 saturated heterocycles. The fourth-order valence-electron chi connectivity index (χ4n) is 3.94. The average Bonchev–Trinajstić information content (AvgIpc) is 2.95. The summed E-state index contributed by atoms with van der Waals surface area (Å²) in [6, 6.07) is 16.3. The van der Waals surface area contributed by atoms with E-state index in [0.29, 0.717) is 32.6 Å². The van der Waals surface area contributed by atoms with Gasteiger partial charge in [0.25, 0.3) is 11.8 Å². The molecule has 1 aliphatic heterocycles. The van der Waals surface area contributed by atoms with Crippen molar-refractivity contribution in [3.05, 3.63) is 98.2 Å². The van der Waals surface area contributed by atoms with E-state index in [0.717, 1.165) is 22.3 Å². The summed E-state index contributed by atoms with van der Waals surface area (Å²) in [6.45, 7) is 7.67. The van der Waals surface area contributed by atoms with Crippen molar-refractivity contribution < 1.29 is 9.59 Å². The first-order valence-corrected chi connectivity index (χ1v) is 10.9. The molecule has 0 spiro atoms. The third-order valence-electron chi connectivity index (χ3n) is 5.59. The minimum atomic E-state index is -0.422. The van der Waals surface area contributed by atoms with Crippen LogP contribution in [0, 0.1) is 27.7 Å². The number of benzene rings is 3. The Balaban J connectivity index is 1.90. The van der Waals surface area contributed by atoms with Crippen LogP contribution in [0.4, 0.5) is 11.4 Å². The van der Waals surface area contributed by atoms with Crippen LogP contribution in [0.1, 0.15) is 27.8 Å². The van der Waals surface area contributed by atoms with Crippen LogP contribution in [0.5, 0.6) is 0 Å². The number of halogens is 2. The molecule has 4 rings (SSSR count). The van der Waals surface area contributed by atoms with Gasteiger partial charge in [-0.15, -0.1) is 0 Å². The maximum Gasteiger partial charge on any atom is 0.282 e. The Hall–Kier alpha value is -3.08. The van der Waals surface area contributed by atoms with Gasteiger partial charge in [0, 0.05) is 15.7 Å². The monoisotopic (exact) mass is 464 g/mol. The van der Waals surface area contributed by atoms with E-state index in [1.807, 2.05) is 52.0 Å². The number of nitrogens with one attached hydrogen (secondary N) is 1. The first kappa shape index (κ1) is 22.1. The third kappa shape index (κ3) is 3.92. The van der Waals surface area contributed by atoms with Crippen molar-refractivity contribution in [1.29, 1.82) is 0 Å².